The minimum Gasteiger partial charge on any atom is -0.494 e. The molecule has 0 radical (unpaired) electrons. The lowest BCUT2D eigenvalue weighted by atomic mass is 10.3. The summed E-state index contributed by atoms with van der Waals surface area (Å²) >= 11 is 0. The number of rotatable bonds is 6. The summed E-state index contributed by atoms with van der Waals surface area (Å²) in [5.74, 6) is 1.52. The van der Waals surface area contributed by atoms with E-state index >= 15 is 0 Å². The summed E-state index contributed by atoms with van der Waals surface area (Å²) in [4.78, 5) is 30.7. The minimum absolute atomic E-state index is 0.278. The highest BCUT2D eigenvalue weighted by Gasteiger charge is 2.18. The van der Waals surface area contributed by atoms with Crippen molar-refractivity contribution in [2.45, 2.75) is 6.42 Å². The average molecular weight is 344 g/mol. The molecule has 0 unspecified atom stereocenters. The lowest BCUT2D eigenvalue weighted by molar-refractivity contribution is 0.224. The van der Waals surface area contributed by atoms with Gasteiger partial charge in [-0.25, -0.2) is 4.79 Å². The van der Waals surface area contributed by atoms with Gasteiger partial charge < -0.3 is 9.64 Å². The SMILES string of the molecule is Cn1c(=O)cc(N2CCN(CCCOc3ccccc3)CC2)[nH]c1=O. The van der Waals surface area contributed by atoms with Gasteiger partial charge in [0.2, 0.25) is 0 Å². The summed E-state index contributed by atoms with van der Waals surface area (Å²) in [6.45, 7) is 5.08. The van der Waals surface area contributed by atoms with Crippen LogP contribution in [0, 0.1) is 0 Å². The smallest absolute Gasteiger partial charge is 0.329 e. The molecule has 2 heterocycles. The zero-order chi connectivity index (χ0) is 17.6. The third-order valence-electron chi connectivity index (χ3n) is 4.47. The van der Waals surface area contributed by atoms with Crippen LogP contribution in [0.15, 0.2) is 46.0 Å². The molecule has 1 aliphatic rings. The van der Waals surface area contributed by atoms with Gasteiger partial charge in [0.15, 0.2) is 0 Å². The van der Waals surface area contributed by atoms with E-state index in [2.05, 4.69) is 14.8 Å². The van der Waals surface area contributed by atoms with Gasteiger partial charge in [-0.05, 0) is 18.6 Å². The molecule has 0 saturated carbocycles. The Morgan fingerprint density at radius 2 is 1.80 bits per heavy atom. The first kappa shape index (κ1) is 17.3. The fraction of sp³-hybridized carbons (Fsp3) is 0.444. The predicted molar refractivity (Wildman–Crippen MR) is 97.5 cm³/mol. The second-order valence-corrected chi connectivity index (χ2v) is 6.20. The molecule has 0 amide bonds. The van der Waals surface area contributed by atoms with Crippen LogP contribution in [0.5, 0.6) is 5.75 Å². The van der Waals surface area contributed by atoms with E-state index in [1.165, 1.54) is 13.1 Å². The van der Waals surface area contributed by atoms with E-state index < -0.39 is 0 Å². The van der Waals surface area contributed by atoms with Crippen molar-refractivity contribution in [1.29, 1.82) is 0 Å². The summed E-state index contributed by atoms with van der Waals surface area (Å²) in [5.41, 5.74) is -0.651. The molecule has 3 rings (SSSR count). The Hall–Kier alpha value is -2.54. The highest BCUT2D eigenvalue weighted by atomic mass is 16.5. The molecule has 1 N–H and O–H groups in total. The molecule has 2 aromatic rings. The molecule has 0 aliphatic carbocycles. The third kappa shape index (κ3) is 4.51. The molecule has 7 heteroatoms. The number of aromatic nitrogens is 2. The van der Waals surface area contributed by atoms with Crippen molar-refractivity contribution in [2.24, 2.45) is 7.05 Å². The van der Waals surface area contributed by atoms with Crippen molar-refractivity contribution in [3.05, 3.63) is 57.2 Å². The molecule has 7 nitrogen and oxygen atoms in total. The number of nitrogens with one attached hydrogen (secondary N) is 1. The molecule has 1 aromatic carbocycles. The van der Waals surface area contributed by atoms with Crippen LogP contribution in [-0.2, 0) is 7.05 Å². The zero-order valence-corrected chi connectivity index (χ0v) is 14.5. The number of hydrogen-bond donors (Lipinski definition) is 1. The number of H-pyrrole nitrogens is 1. The van der Waals surface area contributed by atoms with E-state index in [9.17, 15) is 9.59 Å². The topological polar surface area (TPSA) is 70.6 Å². The van der Waals surface area contributed by atoms with Gasteiger partial charge in [-0.1, -0.05) is 18.2 Å². The molecule has 1 fully saturated rings. The molecule has 134 valence electrons. The van der Waals surface area contributed by atoms with Crippen molar-refractivity contribution < 1.29 is 4.74 Å². The van der Waals surface area contributed by atoms with Crippen molar-refractivity contribution in [3.8, 4) is 5.75 Å². The highest BCUT2D eigenvalue weighted by molar-refractivity contribution is 5.37. The number of piperazine rings is 1. The molecule has 1 aliphatic heterocycles. The monoisotopic (exact) mass is 344 g/mol. The Labute approximate surface area is 146 Å². The predicted octanol–water partition coefficient (Wildman–Crippen LogP) is 0.665. The van der Waals surface area contributed by atoms with Crippen molar-refractivity contribution in [3.63, 3.8) is 0 Å². The number of nitrogens with zero attached hydrogens (tertiary/aromatic N) is 3. The first-order chi connectivity index (χ1) is 12.1. The average Bonchev–Trinajstić information content (AvgIpc) is 2.64. The first-order valence-electron chi connectivity index (χ1n) is 8.59. The van der Waals surface area contributed by atoms with E-state index in [1.807, 2.05) is 30.3 Å². The maximum absolute atomic E-state index is 11.8. The van der Waals surface area contributed by atoms with Crippen molar-refractivity contribution in [1.82, 2.24) is 14.5 Å². The number of ether oxygens (including phenoxy) is 1. The summed E-state index contributed by atoms with van der Waals surface area (Å²) < 4.78 is 6.79. The van der Waals surface area contributed by atoms with E-state index in [4.69, 9.17) is 4.74 Å². The van der Waals surface area contributed by atoms with E-state index in [0.717, 1.165) is 49.5 Å². The maximum atomic E-state index is 11.8. The van der Waals surface area contributed by atoms with Gasteiger partial charge in [0.1, 0.15) is 11.6 Å². The molecule has 0 atom stereocenters. The summed E-state index contributed by atoms with van der Waals surface area (Å²) in [6, 6.07) is 11.3. The fourth-order valence-corrected chi connectivity index (χ4v) is 2.92. The van der Waals surface area contributed by atoms with Crippen LogP contribution in [0.4, 0.5) is 5.82 Å². The second kappa shape index (κ2) is 8.02. The normalized spacial score (nSPS) is 15.3. The quantitative estimate of drug-likeness (QED) is 0.780. The summed E-state index contributed by atoms with van der Waals surface area (Å²) in [6.07, 6.45) is 0.970. The van der Waals surface area contributed by atoms with Gasteiger partial charge in [0.05, 0.1) is 6.61 Å². The third-order valence-corrected chi connectivity index (χ3v) is 4.47. The highest BCUT2D eigenvalue weighted by Crippen LogP contribution is 2.11. The van der Waals surface area contributed by atoms with Gasteiger partial charge in [-0.3, -0.25) is 19.2 Å². The van der Waals surface area contributed by atoms with Crippen LogP contribution in [0.2, 0.25) is 0 Å². The van der Waals surface area contributed by atoms with Gasteiger partial charge in [0, 0.05) is 45.8 Å². The van der Waals surface area contributed by atoms with Gasteiger partial charge in [-0.15, -0.1) is 0 Å². The van der Waals surface area contributed by atoms with E-state index in [0.29, 0.717) is 12.4 Å². The molecule has 0 spiro atoms. The van der Waals surface area contributed by atoms with Crippen LogP contribution in [0.25, 0.3) is 0 Å². The summed E-state index contributed by atoms with van der Waals surface area (Å²) in [5, 5.41) is 0. The number of anilines is 1. The van der Waals surface area contributed by atoms with Crippen molar-refractivity contribution >= 4 is 5.82 Å². The van der Waals surface area contributed by atoms with Crippen LogP contribution in [0.1, 0.15) is 6.42 Å². The number of benzene rings is 1. The minimum atomic E-state index is -0.372. The fourth-order valence-electron chi connectivity index (χ4n) is 2.92. The van der Waals surface area contributed by atoms with Crippen LogP contribution >= 0.6 is 0 Å². The Morgan fingerprint density at radius 1 is 1.08 bits per heavy atom. The van der Waals surface area contributed by atoms with Crippen LogP contribution in [-0.4, -0.2) is 53.8 Å². The molecule has 25 heavy (non-hydrogen) atoms. The Balaban J connectivity index is 1.43. The Morgan fingerprint density at radius 3 is 2.48 bits per heavy atom. The molecule has 1 saturated heterocycles. The first-order valence-corrected chi connectivity index (χ1v) is 8.59. The Bertz CT molecular complexity index is 761. The zero-order valence-electron chi connectivity index (χ0n) is 14.5. The maximum Gasteiger partial charge on any atom is 0.329 e. The van der Waals surface area contributed by atoms with E-state index in [1.54, 1.807) is 0 Å². The molecular formula is C18H24N4O3. The lowest BCUT2D eigenvalue weighted by Gasteiger charge is -2.35. The Kier molecular flexibility index (Phi) is 5.55. The number of para-hydroxylation sites is 1. The largest absolute Gasteiger partial charge is 0.494 e. The number of hydrogen-bond acceptors (Lipinski definition) is 5. The molecular weight excluding hydrogens is 320 g/mol. The van der Waals surface area contributed by atoms with Crippen molar-refractivity contribution in [2.75, 3.05) is 44.2 Å². The van der Waals surface area contributed by atoms with Gasteiger partial charge in [-0.2, -0.15) is 0 Å². The molecule has 0 bridgehead atoms. The van der Waals surface area contributed by atoms with Crippen LogP contribution < -0.4 is 20.9 Å². The standard InChI is InChI=1S/C18H24N4O3/c1-20-17(23)14-16(19-18(20)24)22-11-9-21(10-12-22)8-5-13-25-15-6-3-2-4-7-15/h2-4,6-7,14H,5,8-13H2,1H3,(H,19,24). The van der Waals surface area contributed by atoms with Gasteiger partial charge in [0.25, 0.3) is 5.56 Å². The summed E-state index contributed by atoms with van der Waals surface area (Å²) in [7, 11) is 1.47. The van der Waals surface area contributed by atoms with E-state index in [-0.39, 0.29) is 11.2 Å². The second-order valence-electron chi connectivity index (χ2n) is 6.20. The van der Waals surface area contributed by atoms with Gasteiger partial charge >= 0.3 is 5.69 Å². The molecule has 1 aromatic heterocycles. The number of aromatic amines is 1. The van der Waals surface area contributed by atoms with Crippen LogP contribution in [0.3, 0.4) is 0 Å². The lowest BCUT2D eigenvalue weighted by Crippen LogP contribution is -2.48.